The van der Waals surface area contributed by atoms with Crippen molar-refractivity contribution in [1.82, 2.24) is 4.90 Å². The zero-order valence-corrected chi connectivity index (χ0v) is 21.2. The van der Waals surface area contributed by atoms with E-state index in [9.17, 15) is 0 Å². The molecule has 4 rings (SSSR count). The second-order valence-electron chi connectivity index (χ2n) is 10.5. The van der Waals surface area contributed by atoms with Gasteiger partial charge in [-0.3, -0.25) is 0 Å². The van der Waals surface area contributed by atoms with E-state index in [-0.39, 0.29) is 0 Å². The van der Waals surface area contributed by atoms with Crippen molar-refractivity contribution in [3.63, 3.8) is 0 Å². The number of allylic oxidation sites excluding steroid dienone is 2. The van der Waals surface area contributed by atoms with Gasteiger partial charge in [-0.25, -0.2) is 0 Å². The smallest absolute Gasteiger partial charge is 0.0549 e. The first-order chi connectivity index (χ1) is 15.9. The highest BCUT2D eigenvalue weighted by Crippen LogP contribution is 2.42. The minimum atomic E-state index is 0.361. The van der Waals surface area contributed by atoms with Crippen molar-refractivity contribution in [2.24, 2.45) is 5.92 Å². The maximum atomic E-state index is 4.57. The van der Waals surface area contributed by atoms with Crippen LogP contribution in [0.1, 0.15) is 81.7 Å². The highest BCUT2D eigenvalue weighted by atomic mass is 15.2. The van der Waals surface area contributed by atoms with Gasteiger partial charge in [0.1, 0.15) is 0 Å². The lowest BCUT2D eigenvalue weighted by molar-refractivity contribution is 0.281. The Labute approximate surface area is 201 Å². The molecule has 1 heteroatoms. The number of benzene rings is 2. The number of aryl methyl sites for hydroxylation is 2. The predicted molar refractivity (Wildman–Crippen MR) is 142 cm³/mol. The van der Waals surface area contributed by atoms with Gasteiger partial charge in [-0.05, 0) is 84.8 Å². The molecule has 1 aliphatic heterocycles. The molecular formula is C32H41N. The van der Waals surface area contributed by atoms with Crippen molar-refractivity contribution in [2.75, 3.05) is 6.54 Å². The third kappa shape index (κ3) is 5.69. The summed E-state index contributed by atoms with van der Waals surface area (Å²) in [6, 6.07) is 19.1. The minimum Gasteiger partial charge on any atom is -0.360 e. The lowest BCUT2D eigenvalue weighted by Crippen LogP contribution is -2.26. The molecular weight excluding hydrogens is 398 g/mol. The average molecular weight is 440 g/mol. The lowest BCUT2D eigenvalue weighted by atomic mass is 9.93. The van der Waals surface area contributed by atoms with Crippen LogP contribution in [-0.4, -0.2) is 11.4 Å². The van der Waals surface area contributed by atoms with Gasteiger partial charge in [0.05, 0.1) is 6.04 Å². The zero-order chi connectivity index (χ0) is 23.4. The molecule has 1 unspecified atom stereocenters. The SMILES string of the molecule is C=C1C2=C(C=C(C)CC2)CN1C(CCc1ccc(CCC)cc1)c1ccc(CC(C)C)cc1. The Balaban J connectivity index is 1.55. The topological polar surface area (TPSA) is 3.24 Å². The van der Waals surface area contributed by atoms with Gasteiger partial charge in [0, 0.05) is 12.2 Å². The van der Waals surface area contributed by atoms with Crippen molar-refractivity contribution in [2.45, 2.75) is 78.7 Å². The third-order valence-electron chi connectivity index (χ3n) is 7.27. The summed E-state index contributed by atoms with van der Waals surface area (Å²) in [7, 11) is 0. The fraction of sp³-hybridized carbons (Fsp3) is 0.438. The summed E-state index contributed by atoms with van der Waals surface area (Å²) >= 11 is 0. The highest BCUT2D eigenvalue weighted by Gasteiger charge is 2.31. The molecule has 0 spiro atoms. The number of rotatable bonds is 9. The van der Waals surface area contributed by atoms with Crippen LogP contribution in [0.2, 0.25) is 0 Å². The molecule has 0 bridgehead atoms. The van der Waals surface area contributed by atoms with Gasteiger partial charge in [0.25, 0.3) is 0 Å². The summed E-state index contributed by atoms with van der Waals surface area (Å²) in [5, 5.41) is 0. The standard InChI is InChI=1S/C32H41N/c1-6-7-26-9-11-27(12-10-26)15-19-32(29-16-13-28(14-17-29)20-23(2)3)33-22-30-21-24(4)8-18-31(30)25(33)5/h9-14,16-17,21,23,32H,5-8,15,18-20,22H2,1-4H3. The van der Waals surface area contributed by atoms with E-state index in [1.54, 1.807) is 0 Å². The van der Waals surface area contributed by atoms with E-state index in [0.717, 1.165) is 32.2 Å². The lowest BCUT2D eigenvalue weighted by Gasteiger charge is -2.32. The second-order valence-corrected chi connectivity index (χ2v) is 10.5. The molecule has 0 radical (unpaired) electrons. The van der Waals surface area contributed by atoms with Gasteiger partial charge < -0.3 is 4.90 Å². The van der Waals surface area contributed by atoms with Crippen LogP contribution in [0.15, 0.2) is 83.6 Å². The molecule has 1 aliphatic carbocycles. The molecule has 0 amide bonds. The Hall–Kier alpha value is -2.54. The first-order valence-corrected chi connectivity index (χ1v) is 13.0. The summed E-state index contributed by atoms with van der Waals surface area (Å²) in [5.41, 5.74) is 11.5. The Morgan fingerprint density at radius 3 is 2.15 bits per heavy atom. The van der Waals surface area contributed by atoms with Gasteiger partial charge >= 0.3 is 0 Å². The van der Waals surface area contributed by atoms with Gasteiger partial charge in [0.15, 0.2) is 0 Å². The molecule has 2 aromatic carbocycles. The van der Waals surface area contributed by atoms with Crippen LogP contribution in [0.4, 0.5) is 0 Å². The molecule has 2 aromatic rings. The largest absolute Gasteiger partial charge is 0.360 e. The monoisotopic (exact) mass is 439 g/mol. The van der Waals surface area contributed by atoms with Crippen LogP contribution in [0.25, 0.3) is 0 Å². The van der Waals surface area contributed by atoms with E-state index in [2.05, 4.69) is 93.8 Å². The van der Waals surface area contributed by atoms with Crippen LogP contribution in [0, 0.1) is 5.92 Å². The van der Waals surface area contributed by atoms with Crippen molar-refractivity contribution in [3.05, 3.63) is 106 Å². The van der Waals surface area contributed by atoms with E-state index < -0.39 is 0 Å². The highest BCUT2D eigenvalue weighted by molar-refractivity contribution is 5.49. The fourth-order valence-corrected chi connectivity index (χ4v) is 5.48. The first kappa shape index (κ1) is 23.6. The van der Waals surface area contributed by atoms with Crippen LogP contribution in [0.5, 0.6) is 0 Å². The molecule has 0 saturated heterocycles. The number of nitrogens with zero attached hydrogens (tertiary/aromatic N) is 1. The number of hydrogen-bond acceptors (Lipinski definition) is 1. The van der Waals surface area contributed by atoms with Crippen LogP contribution in [0.3, 0.4) is 0 Å². The van der Waals surface area contributed by atoms with Crippen molar-refractivity contribution < 1.29 is 0 Å². The molecule has 174 valence electrons. The number of hydrogen-bond donors (Lipinski definition) is 0. The summed E-state index contributed by atoms with van der Waals surface area (Å²) in [6.45, 7) is 14.7. The van der Waals surface area contributed by atoms with E-state index in [1.165, 1.54) is 63.9 Å². The summed E-state index contributed by atoms with van der Waals surface area (Å²) < 4.78 is 0. The molecule has 1 atom stereocenters. The van der Waals surface area contributed by atoms with Crippen LogP contribution < -0.4 is 0 Å². The van der Waals surface area contributed by atoms with Crippen LogP contribution >= 0.6 is 0 Å². The Kier molecular flexibility index (Phi) is 7.58. The van der Waals surface area contributed by atoms with Crippen molar-refractivity contribution in [1.29, 1.82) is 0 Å². The van der Waals surface area contributed by atoms with E-state index in [0.29, 0.717) is 12.0 Å². The van der Waals surface area contributed by atoms with E-state index in [1.807, 2.05) is 0 Å². The van der Waals surface area contributed by atoms with Gasteiger partial charge in [-0.1, -0.05) is 94.0 Å². The van der Waals surface area contributed by atoms with E-state index >= 15 is 0 Å². The van der Waals surface area contributed by atoms with Crippen molar-refractivity contribution in [3.8, 4) is 0 Å². The van der Waals surface area contributed by atoms with Gasteiger partial charge in [-0.15, -0.1) is 0 Å². The van der Waals surface area contributed by atoms with E-state index in [4.69, 9.17) is 0 Å². The Morgan fingerprint density at radius 2 is 1.52 bits per heavy atom. The molecule has 33 heavy (non-hydrogen) atoms. The summed E-state index contributed by atoms with van der Waals surface area (Å²) in [4.78, 5) is 2.59. The van der Waals surface area contributed by atoms with Crippen molar-refractivity contribution >= 4 is 0 Å². The Bertz CT molecular complexity index is 1020. The molecule has 0 N–H and O–H groups in total. The molecule has 0 fully saturated rings. The van der Waals surface area contributed by atoms with Crippen LogP contribution in [-0.2, 0) is 19.3 Å². The molecule has 1 nitrogen and oxygen atoms in total. The van der Waals surface area contributed by atoms with Gasteiger partial charge in [0.2, 0.25) is 0 Å². The summed E-state index contributed by atoms with van der Waals surface area (Å²) in [5.74, 6) is 0.687. The fourth-order valence-electron chi connectivity index (χ4n) is 5.48. The molecule has 0 aromatic heterocycles. The molecule has 1 heterocycles. The molecule has 0 saturated carbocycles. The van der Waals surface area contributed by atoms with Gasteiger partial charge in [-0.2, -0.15) is 0 Å². The quantitative estimate of drug-likeness (QED) is 0.379. The normalized spacial score (nSPS) is 16.9. The minimum absolute atomic E-state index is 0.361. The Morgan fingerprint density at radius 1 is 0.879 bits per heavy atom. The molecule has 2 aliphatic rings. The predicted octanol–water partition coefficient (Wildman–Crippen LogP) is 8.38. The summed E-state index contributed by atoms with van der Waals surface area (Å²) in [6.07, 6.45) is 10.5. The second kappa shape index (κ2) is 10.6. The maximum Gasteiger partial charge on any atom is 0.0549 e. The first-order valence-electron chi connectivity index (χ1n) is 13.0. The maximum absolute atomic E-state index is 4.57. The third-order valence-corrected chi connectivity index (χ3v) is 7.27. The average Bonchev–Trinajstić information content (AvgIpc) is 3.11. The zero-order valence-electron chi connectivity index (χ0n) is 21.2.